The van der Waals surface area contributed by atoms with E-state index < -0.39 is 0 Å². The van der Waals surface area contributed by atoms with Crippen molar-refractivity contribution in [3.05, 3.63) is 21.8 Å². The molecule has 138 valence electrons. The van der Waals surface area contributed by atoms with Gasteiger partial charge in [-0.2, -0.15) is 5.26 Å². The summed E-state index contributed by atoms with van der Waals surface area (Å²) in [6.07, 6.45) is 2.17. The zero-order valence-electron chi connectivity index (χ0n) is 15.0. The van der Waals surface area contributed by atoms with Gasteiger partial charge >= 0.3 is 0 Å². The van der Waals surface area contributed by atoms with E-state index in [4.69, 9.17) is 4.74 Å². The van der Waals surface area contributed by atoms with Crippen LogP contribution in [-0.2, 0) is 16.1 Å². The number of carbonyl (C=O) groups excluding carboxylic acids is 1. The molecule has 0 aromatic carbocycles. The number of nitrogens with zero attached hydrogens (tertiary/aromatic N) is 4. The maximum Gasteiger partial charge on any atom is 0.235 e. The molecule has 1 N–H and O–H groups in total. The zero-order chi connectivity index (χ0) is 18.7. The van der Waals surface area contributed by atoms with Crippen molar-refractivity contribution in [2.45, 2.75) is 50.6 Å². The van der Waals surface area contributed by atoms with Gasteiger partial charge < -0.3 is 14.6 Å². The normalized spacial score (nSPS) is 16.6. The molecule has 0 aliphatic carbocycles. The summed E-state index contributed by atoms with van der Waals surface area (Å²) in [6, 6.07) is 2.23. The Bertz CT molecular complexity index is 846. The van der Waals surface area contributed by atoms with Crippen molar-refractivity contribution < 1.29 is 9.53 Å². The number of nitriles is 1. The van der Waals surface area contributed by atoms with E-state index in [1.807, 2.05) is 25.3 Å². The molecule has 9 heteroatoms. The van der Waals surface area contributed by atoms with E-state index in [9.17, 15) is 10.1 Å². The second-order valence-corrected chi connectivity index (χ2v) is 8.62. The predicted molar refractivity (Wildman–Crippen MR) is 102 cm³/mol. The minimum atomic E-state index is -0.162. The maximum absolute atomic E-state index is 12.4. The van der Waals surface area contributed by atoms with Crippen LogP contribution in [0.2, 0.25) is 0 Å². The summed E-state index contributed by atoms with van der Waals surface area (Å²) in [7, 11) is 0. The van der Waals surface area contributed by atoms with E-state index in [0.717, 1.165) is 40.1 Å². The third kappa shape index (κ3) is 4.09. The Labute approximate surface area is 160 Å². The number of ether oxygens (including phenoxy) is 1. The summed E-state index contributed by atoms with van der Waals surface area (Å²) < 4.78 is 8.49. The summed E-state index contributed by atoms with van der Waals surface area (Å²) in [6.45, 7) is 7.18. The number of rotatable bonds is 6. The Morgan fingerprint density at radius 1 is 1.46 bits per heavy atom. The Morgan fingerprint density at radius 3 is 2.88 bits per heavy atom. The van der Waals surface area contributed by atoms with E-state index >= 15 is 0 Å². The predicted octanol–water partition coefficient (Wildman–Crippen LogP) is 3.05. The van der Waals surface area contributed by atoms with Gasteiger partial charge in [0, 0.05) is 12.3 Å². The number of thioether (sulfide) groups is 1. The molecule has 1 saturated heterocycles. The van der Waals surface area contributed by atoms with Gasteiger partial charge in [-0.25, -0.2) is 0 Å². The van der Waals surface area contributed by atoms with E-state index in [2.05, 4.69) is 21.6 Å². The first-order valence-electron chi connectivity index (χ1n) is 8.43. The van der Waals surface area contributed by atoms with E-state index in [0.29, 0.717) is 17.9 Å². The Balaban J connectivity index is 1.75. The molecule has 1 atom stereocenters. The molecule has 1 aliphatic heterocycles. The molecule has 0 unspecified atom stereocenters. The van der Waals surface area contributed by atoms with Gasteiger partial charge in [0.05, 0.1) is 24.0 Å². The number of hydrogen-bond donors (Lipinski definition) is 1. The largest absolute Gasteiger partial charge is 0.376 e. The number of hydrogen-bond acceptors (Lipinski definition) is 7. The summed E-state index contributed by atoms with van der Waals surface area (Å²) >= 11 is 2.81. The topological polar surface area (TPSA) is 92.8 Å². The Kier molecular flexibility index (Phi) is 5.96. The monoisotopic (exact) mass is 391 g/mol. The van der Waals surface area contributed by atoms with Crippen LogP contribution in [-0.4, -0.2) is 39.1 Å². The third-order valence-corrected chi connectivity index (χ3v) is 6.42. The maximum atomic E-state index is 12.4. The average molecular weight is 392 g/mol. The lowest BCUT2D eigenvalue weighted by Gasteiger charge is -2.16. The van der Waals surface area contributed by atoms with Crippen molar-refractivity contribution >= 4 is 34.8 Å². The zero-order valence-corrected chi connectivity index (χ0v) is 16.7. The number of carbonyl (C=O) groups is 1. The highest BCUT2D eigenvalue weighted by atomic mass is 32.2. The fraction of sp³-hybridized carbons (Fsp3) is 0.529. The molecule has 0 radical (unpaired) electrons. The number of aromatic nitrogens is 3. The van der Waals surface area contributed by atoms with Crippen molar-refractivity contribution in [2.24, 2.45) is 0 Å². The number of nitrogens with one attached hydrogen (secondary N) is 1. The fourth-order valence-corrected chi connectivity index (χ4v) is 4.60. The minimum Gasteiger partial charge on any atom is -0.376 e. The number of anilines is 1. The van der Waals surface area contributed by atoms with Crippen molar-refractivity contribution in [1.82, 2.24) is 14.8 Å². The lowest BCUT2D eigenvalue weighted by molar-refractivity contribution is -0.113. The lowest BCUT2D eigenvalue weighted by atomic mass is 10.2. The fourth-order valence-electron chi connectivity index (χ4n) is 2.98. The average Bonchev–Trinajstić information content (AvgIpc) is 3.32. The highest BCUT2D eigenvalue weighted by molar-refractivity contribution is 8.01. The smallest absolute Gasteiger partial charge is 0.235 e. The van der Waals surface area contributed by atoms with E-state index in [1.54, 1.807) is 0 Å². The highest BCUT2D eigenvalue weighted by Gasteiger charge is 2.24. The molecule has 0 spiro atoms. The molecular weight excluding hydrogens is 370 g/mol. The molecule has 0 bridgehead atoms. The first kappa shape index (κ1) is 18.9. The summed E-state index contributed by atoms with van der Waals surface area (Å²) in [5, 5.41) is 21.3. The molecule has 1 amide bonds. The van der Waals surface area contributed by atoms with Crippen molar-refractivity contribution in [2.75, 3.05) is 17.7 Å². The van der Waals surface area contributed by atoms with Crippen molar-refractivity contribution in [1.29, 1.82) is 5.26 Å². The molecule has 3 heterocycles. The van der Waals surface area contributed by atoms with Gasteiger partial charge in [-0.15, -0.1) is 10.2 Å². The van der Waals surface area contributed by atoms with Gasteiger partial charge in [-0.05, 0) is 39.2 Å². The van der Waals surface area contributed by atoms with Crippen LogP contribution in [0.5, 0.6) is 0 Å². The summed E-state index contributed by atoms with van der Waals surface area (Å²) in [4.78, 5) is 12.4. The molecule has 7 nitrogen and oxygen atoms in total. The standard InChI is InChI=1S/C17H21N5O2S2/c1-10-11(2)22(8-13-5-4-6-24-13)16(14(10)7-18)19-15(23)9-25-17-21-20-12(3)26-17/h13H,4-6,8-9H2,1-3H3,(H,19,23)/t13-/m0/s1. The molecular formula is C17H21N5O2S2. The van der Waals surface area contributed by atoms with Crippen LogP contribution in [0.1, 0.15) is 34.7 Å². The minimum absolute atomic E-state index is 0.126. The molecule has 2 aromatic rings. The van der Waals surface area contributed by atoms with Gasteiger partial charge in [0.25, 0.3) is 0 Å². The van der Waals surface area contributed by atoms with E-state index in [-0.39, 0.29) is 17.8 Å². The SMILES string of the molecule is Cc1nnc(SCC(=O)Nc2c(C#N)c(C)c(C)n2C[C@@H]2CCCO2)s1. The van der Waals surface area contributed by atoms with Crippen LogP contribution in [0.4, 0.5) is 5.82 Å². The first-order valence-corrected chi connectivity index (χ1v) is 10.2. The van der Waals surface area contributed by atoms with E-state index in [1.165, 1.54) is 23.1 Å². The van der Waals surface area contributed by atoms with Gasteiger partial charge in [0.1, 0.15) is 16.9 Å². The second kappa shape index (κ2) is 8.20. The van der Waals surface area contributed by atoms with Crippen LogP contribution < -0.4 is 5.32 Å². The Morgan fingerprint density at radius 2 is 2.27 bits per heavy atom. The number of aryl methyl sites for hydroxylation is 1. The molecule has 2 aromatic heterocycles. The van der Waals surface area contributed by atoms with Gasteiger partial charge in [0.15, 0.2) is 4.34 Å². The summed E-state index contributed by atoms with van der Waals surface area (Å²) in [5.41, 5.74) is 2.40. The van der Waals surface area contributed by atoms with Crippen LogP contribution in [0.25, 0.3) is 0 Å². The quantitative estimate of drug-likeness (QED) is 0.761. The molecule has 0 saturated carbocycles. The second-order valence-electron chi connectivity index (χ2n) is 6.22. The van der Waals surface area contributed by atoms with Gasteiger partial charge in [0.2, 0.25) is 5.91 Å². The van der Waals surface area contributed by atoms with Crippen LogP contribution in [0.3, 0.4) is 0 Å². The molecule has 26 heavy (non-hydrogen) atoms. The number of amides is 1. The van der Waals surface area contributed by atoms with Gasteiger partial charge in [-0.3, -0.25) is 4.79 Å². The van der Waals surface area contributed by atoms with Crippen LogP contribution in [0.15, 0.2) is 4.34 Å². The summed E-state index contributed by atoms with van der Waals surface area (Å²) in [5.74, 6) is 0.630. The first-order chi connectivity index (χ1) is 12.5. The van der Waals surface area contributed by atoms with Crippen molar-refractivity contribution in [3.8, 4) is 6.07 Å². The Hall–Kier alpha value is -1.89. The highest BCUT2D eigenvalue weighted by Crippen LogP contribution is 2.29. The lowest BCUT2D eigenvalue weighted by Crippen LogP contribution is -2.22. The van der Waals surface area contributed by atoms with Crippen molar-refractivity contribution in [3.63, 3.8) is 0 Å². The molecule has 3 rings (SSSR count). The molecule has 1 aliphatic rings. The third-order valence-electron chi connectivity index (χ3n) is 4.44. The molecule has 1 fully saturated rings. The van der Waals surface area contributed by atoms with Gasteiger partial charge in [-0.1, -0.05) is 23.1 Å². The van der Waals surface area contributed by atoms with Crippen LogP contribution in [0, 0.1) is 32.1 Å². The van der Waals surface area contributed by atoms with Crippen LogP contribution >= 0.6 is 23.1 Å².